The zero-order chi connectivity index (χ0) is 22.5. The number of hydrogen-bond acceptors (Lipinski definition) is 3. The van der Waals surface area contributed by atoms with Crippen molar-refractivity contribution < 1.29 is 14.3 Å². The molecule has 0 aliphatic carbocycles. The van der Waals surface area contributed by atoms with Crippen LogP contribution < -0.4 is 0 Å². The Morgan fingerprint density at radius 2 is 1.60 bits per heavy atom. The zero-order valence-electron chi connectivity index (χ0n) is 19.3. The Labute approximate surface area is 181 Å². The summed E-state index contributed by atoms with van der Waals surface area (Å²) < 4.78 is 5.88. The number of carbonyl (C=O) groups excluding carboxylic acids is 2. The van der Waals surface area contributed by atoms with Gasteiger partial charge >= 0.3 is 5.97 Å². The predicted molar refractivity (Wildman–Crippen MR) is 123 cm³/mol. The zero-order valence-corrected chi connectivity index (χ0v) is 19.3. The summed E-state index contributed by atoms with van der Waals surface area (Å²) >= 11 is 0. The third-order valence-electron chi connectivity index (χ3n) is 5.15. The van der Waals surface area contributed by atoms with Gasteiger partial charge in [0.15, 0.2) is 6.29 Å². The summed E-state index contributed by atoms with van der Waals surface area (Å²) in [4.78, 5) is 25.0. The summed E-state index contributed by atoms with van der Waals surface area (Å²) in [6.45, 7) is 13.6. The van der Waals surface area contributed by atoms with Crippen molar-refractivity contribution in [1.82, 2.24) is 0 Å². The number of rotatable bonds is 7. The number of carbonyl (C=O) groups is 2. The first kappa shape index (κ1) is 23.6. The Morgan fingerprint density at radius 3 is 2.10 bits per heavy atom. The van der Waals surface area contributed by atoms with Crippen LogP contribution in [0.15, 0.2) is 48.2 Å². The first-order chi connectivity index (χ1) is 14.0. The van der Waals surface area contributed by atoms with Crippen LogP contribution in [0.2, 0.25) is 0 Å². The summed E-state index contributed by atoms with van der Waals surface area (Å²) in [5.41, 5.74) is 5.07. The lowest BCUT2D eigenvalue weighted by Gasteiger charge is -2.23. The third kappa shape index (κ3) is 6.16. The van der Waals surface area contributed by atoms with E-state index in [0.29, 0.717) is 17.8 Å². The Bertz CT molecular complexity index is 907. The van der Waals surface area contributed by atoms with Crippen molar-refractivity contribution in [1.29, 1.82) is 0 Å². The molecule has 30 heavy (non-hydrogen) atoms. The summed E-state index contributed by atoms with van der Waals surface area (Å²) in [5.74, 6) is 0.339. The fraction of sp³-hybridized carbons (Fsp3) is 0.407. The minimum absolute atomic E-state index is 0.205. The van der Waals surface area contributed by atoms with Gasteiger partial charge in [-0.3, -0.25) is 9.59 Å². The maximum atomic E-state index is 12.7. The molecule has 0 heterocycles. The molecular weight excluding hydrogens is 372 g/mol. The molecule has 0 aromatic heterocycles. The van der Waals surface area contributed by atoms with E-state index in [1.54, 1.807) is 0 Å². The maximum Gasteiger partial charge on any atom is 0.316 e. The molecule has 160 valence electrons. The normalized spacial score (nSPS) is 13.4. The highest BCUT2D eigenvalue weighted by molar-refractivity contribution is 6.09. The molecule has 0 radical (unpaired) electrons. The SMILES string of the molecule is Cc1cc(C)c(C(C=O)=C(CC(C)Cc2ccccc2)OC(=O)C(C)(C)C)c(C)c1. The second kappa shape index (κ2) is 9.88. The summed E-state index contributed by atoms with van der Waals surface area (Å²) in [6.07, 6.45) is 2.19. The van der Waals surface area contributed by atoms with Crippen molar-refractivity contribution in [3.8, 4) is 0 Å². The second-order valence-corrected chi connectivity index (χ2v) is 9.37. The van der Waals surface area contributed by atoms with Gasteiger partial charge in [0, 0.05) is 6.42 Å². The van der Waals surface area contributed by atoms with Gasteiger partial charge in [0.25, 0.3) is 0 Å². The number of hydrogen-bond donors (Lipinski definition) is 0. The quantitative estimate of drug-likeness (QED) is 0.232. The molecule has 0 bridgehead atoms. The van der Waals surface area contributed by atoms with Gasteiger partial charge in [0.2, 0.25) is 0 Å². The maximum absolute atomic E-state index is 12.7. The van der Waals surface area contributed by atoms with E-state index in [1.165, 1.54) is 5.56 Å². The Kier molecular flexibility index (Phi) is 7.77. The van der Waals surface area contributed by atoms with Gasteiger partial charge in [-0.15, -0.1) is 0 Å². The molecule has 0 N–H and O–H groups in total. The summed E-state index contributed by atoms with van der Waals surface area (Å²) in [6, 6.07) is 14.3. The molecule has 0 saturated heterocycles. The molecule has 2 aromatic rings. The van der Waals surface area contributed by atoms with E-state index in [1.807, 2.05) is 59.7 Å². The van der Waals surface area contributed by atoms with Gasteiger partial charge in [-0.25, -0.2) is 0 Å². The van der Waals surface area contributed by atoms with Crippen LogP contribution in [0, 0.1) is 32.1 Å². The van der Waals surface area contributed by atoms with Gasteiger partial charge < -0.3 is 4.74 Å². The van der Waals surface area contributed by atoms with E-state index in [9.17, 15) is 9.59 Å². The number of aldehydes is 1. The standard InChI is InChI=1S/C27H34O3/c1-18-13-20(3)25(21(4)14-18)23(17-28)24(30-26(29)27(5,6)7)16-19(2)15-22-11-9-8-10-12-22/h8-14,17,19H,15-16H2,1-7H3. The second-order valence-electron chi connectivity index (χ2n) is 9.37. The van der Waals surface area contributed by atoms with Crippen LogP contribution in [-0.2, 0) is 20.7 Å². The predicted octanol–water partition coefficient (Wildman–Crippen LogP) is 6.38. The third-order valence-corrected chi connectivity index (χ3v) is 5.15. The minimum Gasteiger partial charge on any atom is -0.430 e. The van der Waals surface area contributed by atoms with Crippen molar-refractivity contribution in [3.05, 3.63) is 76.0 Å². The molecule has 0 fully saturated rings. The van der Waals surface area contributed by atoms with E-state index in [0.717, 1.165) is 35.0 Å². The molecule has 0 aliphatic heterocycles. The van der Waals surface area contributed by atoms with Gasteiger partial charge in [0.05, 0.1) is 11.0 Å². The average molecular weight is 407 g/mol. The van der Waals surface area contributed by atoms with Crippen LogP contribution in [0.5, 0.6) is 0 Å². The average Bonchev–Trinajstić information content (AvgIpc) is 2.64. The van der Waals surface area contributed by atoms with Gasteiger partial charge in [-0.05, 0) is 76.1 Å². The monoisotopic (exact) mass is 406 g/mol. The van der Waals surface area contributed by atoms with Gasteiger partial charge in [-0.2, -0.15) is 0 Å². The highest BCUT2D eigenvalue weighted by Crippen LogP contribution is 2.31. The molecule has 0 amide bonds. The Hall–Kier alpha value is -2.68. The van der Waals surface area contributed by atoms with E-state index < -0.39 is 5.41 Å². The molecule has 0 saturated carbocycles. The molecule has 2 aromatic carbocycles. The Balaban J connectivity index is 2.50. The molecule has 1 unspecified atom stereocenters. The van der Waals surface area contributed by atoms with Gasteiger partial charge in [-0.1, -0.05) is 55.0 Å². The van der Waals surface area contributed by atoms with E-state index >= 15 is 0 Å². The molecule has 0 aliphatic rings. The van der Waals surface area contributed by atoms with Gasteiger partial charge in [0.1, 0.15) is 5.76 Å². The molecule has 3 heteroatoms. The Morgan fingerprint density at radius 1 is 1.03 bits per heavy atom. The highest BCUT2D eigenvalue weighted by atomic mass is 16.5. The van der Waals surface area contributed by atoms with Crippen LogP contribution >= 0.6 is 0 Å². The molecule has 0 spiro atoms. The fourth-order valence-corrected chi connectivity index (χ4v) is 3.75. The van der Waals surface area contributed by atoms with Crippen molar-refractivity contribution >= 4 is 17.8 Å². The van der Waals surface area contributed by atoms with Crippen LogP contribution in [0.4, 0.5) is 0 Å². The molecule has 3 nitrogen and oxygen atoms in total. The molecular formula is C27H34O3. The summed E-state index contributed by atoms with van der Waals surface area (Å²) in [5, 5.41) is 0. The minimum atomic E-state index is -0.653. The number of allylic oxidation sites excluding steroid dienone is 2. The number of esters is 1. The van der Waals surface area contributed by atoms with Crippen LogP contribution in [0.1, 0.15) is 61.9 Å². The smallest absolute Gasteiger partial charge is 0.316 e. The first-order valence-electron chi connectivity index (χ1n) is 10.6. The first-order valence-corrected chi connectivity index (χ1v) is 10.6. The van der Waals surface area contributed by atoms with Crippen LogP contribution in [-0.4, -0.2) is 12.3 Å². The van der Waals surface area contributed by atoms with Crippen molar-refractivity contribution in [2.45, 2.75) is 61.3 Å². The van der Waals surface area contributed by atoms with Crippen molar-refractivity contribution in [2.75, 3.05) is 0 Å². The van der Waals surface area contributed by atoms with Crippen LogP contribution in [0.25, 0.3) is 5.57 Å². The lowest BCUT2D eigenvalue weighted by Crippen LogP contribution is -2.24. The van der Waals surface area contributed by atoms with E-state index in [4.69, 9.17) is 4.74 Å². The number of ether oxygens (including phenoxy) is 1. The van der Waals surface area contributed by atoms with Crippen molar-refractivity contribution in [3.63, 3.8) is 0 Å². The number of aryl methyl sites for hydroxylation is 3. The lowest BCUT2D eigenvalue weighted by atomic mass is 9.90. The molecule has 2 rings (SSSR count). The fourth-order valence-electron chi connectivity index (χ4n) is 3.75. The van der Waals surface area contributed by atoms with E-state index in [-0.39, 0.29) is 11.9 Å². The van der Waals surface area contributed by atoms with Crippen molar-refractivity contribution in [2.24, 2.45) is 11.3 Å². The topological polar surface area (TPSA) is 43.4 Å². The highest BCUT2D eigenvalue weighted by Gasteiger charge is 2.27. The summed E-state index contributed by atoms with van der Waals surface area (Å²) in [7, 11) is 0. The largest absolute Gasteiger partial charge is 0.430 e. The van der Waals surface area contributed by atoms with E-state index in [2.05, 4.69) is 31.2 Å². The van der Waals surface area contributed by atoms with Crippen LogP contribution in [0.3, 0.4) is 0 Å². The molecule has 1 atom stereocenters. The lowest BCUT2D eigenvalue weighted by molar-refractivity contribution is -0.148. The number of benzene rings is 2.